The number of carbonyl (C=O) groups is 1. The molecule has 2 aromatic carbocycles. The summed E-state index contributed by atoms with van der Waals surface area (Å²) in [6.07, 6.45) is 4.33. The van der Waals surface area contributed by atoms with Crippen LogP contribution in [0.2, 0.25) is 0 Å². The topological polar surface area (TPSA) is 173 Å². The van der Waals surface area contributed by atoms with E-state index in [0.29, 0.717) is 23.6 Å². The second-order valence-electron chi connectivity index (χ2n) is 8.46. The number of halogens is 1. The average Bonchev–Trinajstić information content (AvgIpc) is 3.31. The highest BCUT2D eigenvalue weighted by molar-refractivity contribution is 5.94. The number of ether oxygens (including phenoxy) is 1. The monoisotopic (exact) mass is 535 g/mol. The van der Waals surface area contributed by atoms with E-state index in [1.807, 2.05) is 37.3 Å². The molecule has 0 aliphatic carbocycles. The molecule has 0 saturated heterocycles. The predicted molar refractivity (Wildman–Crippen MR) is 143 cm³/mol. The summed E-state index contributed by atoms with van der Waals surface area (Å²) in [7, 11) is 0. The Bertz CT molecular complexity index is 1450. The fraction of sp³-hybridized carbons (Fsp3) is 0.259. The molecule has 0 fully saturated rings. The minimum Gasteiger partial charge on any atom is -0.491 e. The molecule has 0 aliphatic rings. The summed E-state index contributed by atoms with van der Waals surface area (Å²) in [6, 6.07) is 14.8. The first-order chi connectivity index (χ1) is 18.7. The Morgan fingerprint density at radius 1 is 1.18 bits per heavy atom. The number of aromatic nitrogens is 5. The minimum absolute atomic E-state index is 0.00988. The SMILES string of the molecule is CC(=O)O.CCc1cc(OCCF)cc(C(Cc2ccc(C(=N)N)cc2)c2nn(-c3ncccn3)c(=O)[nH]2)c1. The second kappa shape index (κ2) is 13.6. The van der Waals surface area contributed by atoms with Crippen molar-refractivity contribution in [3.05, 3.63) is 99.5 Å². The average molecular weight is 536 g/mol. The van der Waals surface area contributed by atoms with Crippen LogP contribution in [-0.2, 0) is 17.6 Å². The Morgan fingerprint density at radius 2 is 1.85 bits per heavy atom. The van der Waals surface area contributed by atoms with Crippen LogP contribution in [0.5, 0.6) is 5.75 Å². The molecule has 5 N–H and O–H groups in total. The van der Waals surface area contributed by atoms with Crippen LogP contribution in [0.25, 0.3) is 5.95 Å². The van der Waals surface area contributed by atoms with Gasteiger partial charge in [-0.3, -0.25) is 15.2 Å². The number of nitrogens with one attached hydrogen (secondary N) is 2. The summed E-state index contributed by atoms with van der Waals surface area (Å²) in [5, 5.41) is 19.6. The molecule has 0 radical (unpaired) electrons. The number of nitrogen functional groups attached to an aromatic ring is 1. The zero-order valence-electron chi connectivity index (χ0n) is 21.6. The molecule has 0 amide bonds. The predicted octanol–water partition coefficient (Wildman–Crippen LogP) is 3.01. The zero-order valence-corrected chi connectivity index (χ0v) is 21.6. The molecule has 0 spiro atoms. The first-order valence-electron chi connectivity index (χ1n) is 12.1. The van der Waals surface area contributed by atoms with Crippen molar-refractivity contribution in [1.82, 2.24) is 24.7 Å². The maximum Gasteiger partial charge on any atom is 0.350 e. The quantitative estimate of drug-likeness (QED) is 0.177. The van der Waals surface area contributed by atoms with E-state index in [1.54, 1.807) is 18.2 Å². The molecule has 1 unspecified atom stereocenters. The molecule has 2 heterocycles. The van der Waals surface area contributed by atoms with Crippen molar-refractivity contribution in [2.75, 3.05) is 13.3 Å². The van der Waals surface area contributed by atoms with Gasteiger partial charge in [0.1, 0.15) is 30.7 Å². The van der Waals surface area contributed by atoms with Crippen molar-refractivity contribution < 1.29 is 19.0 Å². The first-order valence-corrected chi connectivity index (χ1v) is 12.1. The molecule has 2 aromatic heterocycles. The maximum atomic E-state index is 12.8. The number of aryl methyl sites for hydroxylation is 1. The van der Waals surface area contributed by atoms with Crippen molar-refractivity contribution in [2.24, 2.45) is 5.73 Å². The molecule has 4 aromatic rings. The number of benzene rings is 2. The van der Waals surface area contributed by atoms with Crippen molar-refractivity contribution in [3.63, 3.8) is 0 Å². The summed E-state index contributed by atoms with van der Waals surface area (Å²) in [5.74, 6) is -0.0388. The van der Waals surface area contributed by atoms with Gasteiger partial charge in [-0.2, -0.15) is 0 Å². The number of nitrogens with two attached hydrogens (primary N) is 1. The van der Waals surface area contributed by atoms with Gasteiger partial charge in [-0.05, 0) is 47.7 Å². The van der Waals surface area contributed by atoms with E-state index in [4.69, 9.17) is 25.8 Å². The summed E-state index contributed by atoms with van der Waals surface area (Å²) >= 11 is 0. The Hall–Kier alpha value is -4.87. The third-order valence-corrected chi connectivity index (χ3v) is 5.56. The van der Waals surface area contributed by atoms with Crippen LogP contribution in [0.15, 0.2) is 65.7 Å². The normalized spacial score (nSPS) is 11.3. The lowest BCUT2D eigenvalue weighted by atomic mass is 9.89. The number of carboxylic acids is 1. The van der Waals surface area contributed by atoms with Gasteiger partial charge in [-0.15, -0.1) is 9.78 Å². The molecule has 1 atom stereocenters. The molecule has 0 aliphatic heterocycles. The van der Waals surface area contributed by atoms with Crippen LogP contribution in [0.3, 0.4) is 0 Å². The number of aromatic amines is 1. The Morgan fingerprint density at radius 3 is 2.44 bits per heavy atom. The van der Waals surface area contributed by atoms with Crippen LogP contribution >= 0.6 is 0 Å². The van der Waals surface area contributed by atoms with Gasteiger partial charge in [0.2, 0.25) is 0 Å². The van der Waals surface area contributed by atoms with Crippen molar-refractivity contribution in [1.29, 1.82) is 5.41 Å². The molecule has 12 heteroatoms. The van der Waals surface area contributed by atoms with Crippen molar-refractivity contribution in [2.45, 2.75) is 32.6 Å². The summed E-state index contributed by atoms with van der Waals surface area (Å²) in [4.78, 5) is 32.8. The number of H-pyrrole nitrogens is 1. The summed E-state index contributed by atoms with van der Waals surface area (Å²) < 4.78 is 19.5. The number of carboxylic acid groups (broad SMARTS) is 1. The smallest absolute Gasteiger partial charge is 0.350 e. The van der Waals surface area contributed by atoms with Crippen molar-refractivity contribution in [3.8, 4) is 11.7 Å². The molecule has 11 nitrogen and oxygen atoms in total. The first kappa shape index (κ1) is 28.7. The lowest BCUT2D eigenvalue weighted by Crippen LogP contribution is -2.18. The number of hydrogen-bond donors (Lipinski definition) is 4. The highest BCUT2D eigenvalue weighted by Gasteiger charge is 2.23. The van der Waals surface area contributed by atoms with Crippen LogP contribution in [-0.4, -0.2) is 54.9 Å². The Balaban J connectivity index is 0.000000983. The molecule has 204 valence electrons. The van der Waals surface area contributed by atoms with Gasteiger partial charge in [0.05, 0.1) is 0 Å². The number of hydrogen-bond acceptors (Lipinski definition) is 7. The Kier molecular flexibility index (Phi) is 10.0. The zero-order chi connectivity index (χ0) is 28.4. The number of alkyl halides is 1. The van der Waals surface area contributed by atoms with E-state index >= 15 is 0 Å². The molecule has 4 rings (SSSR count). The van der Waals surface area contributed by atoms with Gasteiger partial charge in [-0.1, -0.05) is 37.3 Å². The maximum absolute atomic E-state index is 12.8. The highest BCUT2D eigenvalue weighted by atomic mass is 19.1. The second-order valence-corrected chi connectivity index (χ2v) is 8.46. The standard InChI is InChI=1S/C25H26FN7O2.C2H4O2/c1-2-16-12-19(15-20(13-16)35-11-8-26)21(14-17-4-6-18(7-5-17)22(27)28)23-31-25(34)33(32-23)24-29-9-3-10-30-24;1-2(3)4/h3-7,9-10,12-13,15,21H,2,8,11,14H2,1H3,(H3,27,28)(H,31,32,34);1H3,(H,3,4). The van der Waals surface area contributed by atoms with E-state index < -0.39 is 18.3 Å². The van der Waals surface area contributed by atoms with Crippen LogP contribution in [0.1, 0.15) is 47.8 Å². The summed E-state index contributed by atoms with van der Waals surface area (Å²) in [5.41, 5.74) is 8.60. The summed E-state index contributed by atoms with van der Waals surface area (Å²) in [6.45, 7) is 2.48. The molecular weight excluding hydrogens is 505 g/mol. The number of amidine groups is 1. The van der Waals surface area contributed by atoms with Crippen LogP contribution in [0, 0.1) is 5.41 Å². The number of nitrogens with zero attached hydrogens (tertiary/aromatic N) is 4. The lowest BCUT2D eigenvalue weighted by molar-refractivity contribution is -0.134. The van der Waals surface area contributed by atoms with Crippen LogP contribution in [0.4, 0.5) is 4.39 Å². The fourth-order valence-corrected chi connectivity index (χ4v) is 3.79. The lowest BCUT2D eigenvalue weighted by Gasteiger charge is -2.18. The van der Waals surface area contributed by atoms with E-state index in [9.17, 15) is 9.18 Å². The van der Waals surface area contributed by atoms with Gasteiger partial charge < -0.3 is 15.6 Å². The van der Waals surface area contributed by atoms with E-state index in [1.165, 1.54) is 12.4 Å². The van der Waals surface area contributed by atoms with Gasteiger partial charge in [0, 0.05) is 30.8 Å². The van der Waals surface area contributed by atoms with Gasteiger partial charge in [0.15, 0.2) is 0 Å². The van der Waals surface area contributed by atoms with Gasteiger partial charge in [-0.25, -0.2) is 19.2 Å². The molecule has 0 bridgehead atoms. The fourth-order valence-electron chi connectivity index (χ4n) is 3.79. The molecular formula is C27H30FN7O4. The molecule has 39 heavy (non-hydrogen) atoms. The van der Waals surface area contributed by atoms with E-state index in [2.05, 4.69) is 20.1 Å². The van der Waals surface area contributed by atoms with Crippen molar-refractivity contribution >= 4 is 11.8 Å². The third kappa shape index (κ3) is 8.06. The molecule has 0 saturated carbocycles. The van der Waals surface area contributed by atoms with E-state index in [-0.39, 0.29) is 24.3 Å². The number of rotatable bonds is 10. The highest BCUT2D eigenvalue weighted by Crippen LogP contribution is 2.30. The Labute approximate surface area is 224 Å². The van der Waals surface area contributed by atoms with Gasteiger partial charge >= 0.3 is 5.69 Å². The van der Waals surface area contributed by atoms with E-state index in [0.717, 1.165) is 34.7 Å². The van der Waals surface area contributed by atoms with Crippen LogP contribution < -0.4 is 16.2 Å². The largest absolute Gasteiger partial charge is 0.491 e. The third-order valence-electron chi connectivity index (χ3n) is 5.56. The van der Waals surface area contributed by atoms with Gasteiger partial charge in [0.25, 0.3) is 11.9 Å². The number of aliphatic carboxylic acids is 1. The minimum atomic E-state index is -0.833.